The predicted molar refractivity (Wildman–Crippen MR) is 149 cm³/mol. The molecule has 0 fully saturated rings. The third kappa shape index (κ3) is 10.2. The minimum Gasteiger partial charge on any atom is -0.497 e. The van der Waals surface area contributed by atoms with Crippen molar-refractivity contribution in [2.75, 3.05) is 13.7 Å². The molecule has 3 rings (SSSR count). The molecule has 7 nitrogen and oxygen atoms in total. The molecule has 0 amide bonds. The van der Waals surface area contributed by atoms with Crippen molar-refractivity contribution < 1.29 is 42.1 Å². The van der Waals surface area contributed by atoms with Crippen LogP contribution in [0, 0.1) is 6.92 Å². The summed E-state index contributed by atoms with van der Waals surface area (Å²) < 4.78 is 53.8. The van der Waals surface area contributed by atoms with Crippen molar-refractivity contribution in [1.82, 2.24) is 4.57 Å². The number of allylic oxidation sites excluding steroid dienone is 3. The molecule has 0 aliphatic rings. The SMILES string of the molecule is C/C=C\CC.CC.COc1ccc(C(=O)c2c(C)n(C/C=C/OCC(=O)O)c3cc(OC(F)(F)F)ccc23)cc1. The number of carboxylic acids is 1. The normalized spacial score (nSPS) is 11.0. The average molecular weight is 564 g/mol. The van der Waals surface area contributed by atoms with Gasteiger partial charge in [0.05, 0.1) is 24.5 Å². The molecular formula is C30H36F3NO6. The van der Waals surface area contributed by atoms with Gasteiger partial charge in [-0.05, 0) is 62.7 Å². The second kappa shape index (κ2) is 16.7. The lowest BCUT2D eigenvalue weighted by molar-refractivity contribution is -0.274. The fraction of sp³-hybridized carbons (Fsp3) is 0.333. The molecule has 0 saturated heterocycles. The van der Waals surface area contributed by atoms with E-state index in [0.29, 0.717) is 33.5 Å². The molecule has 0 aliphatic heterocycles. The number of rotatable bonds is 10. The van der Waals surface area contributed by atoms with Crippen molar-refractivity contribution in [3.05, 3.63) is 83.8 Å². The van der Waals surface area contributed by atoms with Crippen LogP contribution in [0.2, 0.25) is 0 Å². The molecule has 218 valence electrons. The number of aliphatic carboxylic acids is 1. The zero-order chi connectivity index (χ0) is 30.3. The first-order valence-corrected chi connectivity index (χ1v) is 12.7. The molecule has 0 saturated carbocycles. The number of nitrogens with zero attached hydrogens (tertiary/aromatic N) is 1. The van der Waals surface area contributed by atoms with Gasteiger partial charge in [0.25, 0.3) is 0 Å². The van der Waals surface area contributed by atoms with Gasteiger partial charge in [0.2, 0.25) is 0 Å². The molecular weight excluding hydrogens is 527 g/mol. The van der Waals surface area contributed by atoms with E-state index in [0.717, 1.165) is 12.5 Å². The Balaban J connectivity index is 0.00000103. The molecule has 3 aromatic rings. The second-order valence-corrected chi connectivity index (χ2v) is 7.91. The highest BCUT2D eigenvalue weighted by atomic mass is 19.4. The summed E-state index contributed by atoms with van der Waals surface area (Å²) in [7, 11) is 1.50. The number of carboxylic acid groups (broad SMARTS) is 1. The number of ketones is 1. The fourth-order valence-corrected chi connectivity index (χ4v) is 3.63. The Bertz CT molecular complexity index is 1290. The summed E-state index contributed by atoms with van der Waals surface area (Å²) in [4.78, 5) is 23.8. The van der Waals surface area contributed by atoms with Gasteiger partial charge in [-0.15, -0.1) is 13.2 Å². The number of fused-ring (bicyclic) bond motifs is 1. The molecule has 40 heavy (non-hydrogen) atoms. The summed E-state index contributed by atoms with van der Waals surface area (Å²) in [5.74, 6) is -1.31. The Kier molecular flexibility index (Phi) is 14.1. The van der Waals surface area contributed by atoms with Crippen LogP contribution in [0.3, 0.4) is 0 Å². The van der Waals surface area contributed by atoms with Crippen LogP contribution in [0.1, 0.15) is 55.7 Å². The summed E-state index contributed by atoms with van der Waals surface area (Å²) in [6.07, 6.45) is 3.15. The van der Waals surface area contributed by atoms with Crippen LogP contribution in [-0.2, 0) is 16.1 Å². The lowest BCUT2D eigenvalue weighted by Crippen LogP contribution is -2.17. The van der Waals surface area contributed by atoms with Crippen LogP contribution < -0.4 is 9.47 Å². The maximum absolute atomic E-state index is 13.3. The van der Waals surface area contributed by atoms with Crippen molar-refractivity contribution in [3.63, 3.8) is 0 Å². The summed E-state index contributed by atoms with van der Waals surface area (Å²) in [5, 5.41) is 9.08. The van der Waals surface area contributed by atoms with E-state index in [1.54, 1.807) is 35.8 Å². The highest BCUT2D eigenvalue weighted by molar-refractivity contribution is 6.17. The van der Waals surface area contributed by atoms with Gasteiger partial charge in [-0.25, -0.2) is 4.79 Å². The maximum Gasteiger partial charge on any atom is 0.573 e. The Morgan fingerprint density at radius 2 is 1.65 bits per heavy atom. The highest BCUT2D eigenvalue weighted by Gasteiger charge is 2.31. The number of hydrogen-bond donors (Lipinski definition) is 1. The van der Waals surface area contributed by atoms with E-state index >= 15 is 0 Å². The topological polar surface area (TPSA) is 87.0 Å². The van der Waals surface area contributed by atoms with Crippen molar-refractivity contribution in [1.29, 1.82) is 0 Å². The Morgan fingerprint density at radius 1 is 1.02 bits per heavy atom. The van der Waals surface area contributed by atoms with E-state index in [1.807, 2.05) is 20.8 Å². The van der Waals surface area contributed by atoms with Gasteiger partial charge in [-0.3, -0.25) is 4.79 Å². The number of halogens is 3. The van der Waals surface area contributed by atoms with Crippen molar-refractivity contribution in [3.8, 4) is 11.5 Å². The number of methoxy groups -OCH3 is 1. The number of ether oxygens (including phenoxy) is 3. The van der Waals surface area contributed by atoms with E-state index in [9.17, 15) is 22.8 Å². The van der Waals surface area contributed by atoms with Crippen molar-refractivity contribution >= 4 is 22.7 Å². The monoisotopic (exact) mass is 563 g/mol. The largest absolute Gasteiger partial charge is 0.573 e. The number of benzene rings is 2. The van der Waals surface area contributed by atoms with Crippen LogP contribution in [0.4, 0.5) is 13.2 Å². The Morgan fingerprint density at radius 3 is 2.15 bits per heavy atom. The first-order valence-electron chi connectivity index (χ1n) is 12.7. The number of carbonyl (C=O) groups excluding carboxylic acids is 1. The van der Waals surface area contributed by atoms with Gasteiger partial charge in [0, 0.05) is 29.3 Å². The summed E-state index contributed by atoms with van der Waals surface area (Å²) in [5.41, 5.74) is 1.56. The van der Waals surface area contributed by atoms with E-state index in [-0.39, 0.29) is 12.3 Å². The van der Waals surface area contributed by atoms with Crippen molar-refractivity contribution in [2.45, 2.75) is 53.9 Å². The number of alkyl halides is 3. The van der Waals surface area contributed by atoms with Gasteiger partial charge in [-0.1, -0.05) is 32.9 Å². The van der Waals surface area contributed by atoms with Gasteiger partial charge in [-0.2, -0.15) is 0 Å². The summed E-state index contributed by atoms with van der Waals surface area (Å²) >= 11 is 0. The number of aromatic nitrogens is 1. The molecule has 0 radical (unpaired) electrons. The Hall–Kier alpha value is -4.21. The summed E-state index contributed by atoms with van der Waals surface area (Å²) in [6.45, 7) is 9.41. The third-order valence-electron chi connectivity index (χ3n) is 5.27. The second-order valence-electron chi connectivity index (χ2n) is 7.91. The van der Waals surface area contributed by atoms with Gasteiger partial charge in [0.15, 0.2) is 12.4 Å². The minimum absolute atomic E-state index is 0.118. The van der Waals surface area contributed by atoms with Gasteiger partial charge in [0.1, 0.15) is 11.5 Å². The van der Waals surface area contributed by atoms with Crippen LogP contribution in [0.25, 0.3) is 10.9 Å². The molecule has 1 N–H and O–H groups in total. The number of carbonyl (C=O) groups is 2. The quantitative estimate of drug-likeness (QED) is 0.155. The van der Waals surface area contributed by atoms with Gasteiger partial charge < -0.3 is 23.9 Å². The standard InChI is InChI=1S/C23H20F3NO6.C5H10.C2H6/c1-14-21(22(30)15-4-6-16(31-2)7-5-15)18-9-8-17(33-23(24,25)26)12-19(18)27(14)10-3-11-32-13-20(28)29;1-3-5-4-2;1-2/h3-9,11-12H,10,13H2,1-2H3,(H,28,29);3,5H,4H2,1-2H3;1-2H3/b11-3+;5-3-;. The van der Waals surface area contributed by atoms with E-state index in [2.05, 4.69) is 23.8 Å². The van der Waals surface area contributed by atoms with Gasteiger partial charge >= 0.3 is 12.3 Å². The fourth-order valence-electron chi connectivity index (χ4n) is 3.63. The van der Waals surface area contributed by atoms with Crippen LogP contribution in [-0.4, -0.2) is 41.5 Å². The van der Waals surface area contributed by atoms with E-state index in [1.165, 1.54) is 31.6 Å². The first-order chi connectivity index (χ1) is 19.0. The molecule has 0 aliphatic carbocycles. The predicted octanol–water partition coefficient (Wildman–Crippen LogP) is 7.70. The Labute approximate surface area is 232 Å². The van der Waals surface area contributed by atoms with Crippen LogP contribution in [0.15, 0.2) is 67.0 Å². The maximum atomic E-state index is 13.3. The number of hydrogen-bond acceptors (Lipinski definition) is 5. The lowest BCUT2D eigenvalue weighted by atomic mass is 10.0. The van der Waals surface area contributed by atoms with E-state index in [4.69, 9.17) is 14.6 Å². The molecule has 10 heteroatoms. The molecule has 0 unspecified atom stereocenters. The smallest absolute Gasteiger partial charge is 0.497 e. The van der Waals surface area contributed by atoms with Crippen molar-refractivity contribution in [2.24, 2.45) is 0 Å². The molecule has 0 bridgehead atoms. The lowest BCUT2D eigenvalue weighted by Gasteiger charge is -2.10. The van der Waals surface area contributed by atoms with Crippen LogP contribution in [0.5, 0.6) is 11.5 Å². The molecule has 1 heterocycles. The first kappa shape index (κ1) is 33.8. The van der Waals surface area contributed by atoms with E-state index < -0.39 is 24.7 Å². The van der Waals surface area contributed by atoms with Crippen LogP contribution >= 0.6 is 0 Å². The molecule has 0 spiro atoms. The third-order valence-corrected chi connectivity index (χ3v) is 5.27. The zero-order valence-electron chi connectivity index (χ0n) is 23.5. The average Bonchev–Trinajstić information content (AvgIpc) is 3.19. The minimum atomic E-state index is -4.87. The highest BCUT2D eigenvalue weighted by Crippen LogP contribution is 2.33. The molecule has 2 aromatic carbocycles. The summed E-state index contributed by atoms with van der Waals surface area (Å²) in [6, 6.07) is 10.2. The molecule has 1 aromatic heterocycles. The zero-order valence-corrected chi connectivity index (χ0v) is 23.5. The molecule has 0 atom stereocenters.